The number of hydrogen-bond acceptors (Lipinski definition) is 4. The molecule has 0 radical (unpaired) electrons. The summed E-state index contributed by atoms with van der Waals surface area (Å²) in [5.41, 5.74) is 0.990. The first kappa shape index (κ1) is 20.4. The van der Waals surface area contributed by atoms with Gasteiger partial charge in [0.1, 0.15) is 0 Å². The van der Waals surface area contributed by atoms with E-state index in [0.717, 1.165) is 5.56 Å². The highest BCUT2D eigenvalue weighted by Crippen LogP contribution is 2.24. The highest BCUT2D eigenvalue weighted by atomic mass is 79.9. The van der Waals surface area contributed by atoms with Gasteiger partial charge in [0.05, 0.1) is 24.0 Å². The van der Waals surface area contributed by atoms with E-state index >= 15 is 0 Å². The summed E-state index contributed by atoms with van der Waals surface area (Å²) >= 11 is 15.5. The van der Waals surface area contributed by atoms with Crippen LogP contribution in [0.3, 0.4) is 0 Å². The standard InChI is InChI=1S/C17H14BrCl2N5O3/c18-12-9-25(8-10-1-2-11(19)7-13(10)20)23-16(12)21-17(28)14-3-5-24(22-14)6-4-15(26)27/h1-3,5,7,9H,4,6,8H2,(H,26,27)(H,21,23,28). The maximum Gasteiger partial charge on any atom is 0.305 e. The van der Waals surface area contributed by atoms with Gasteiger partial charge in [-0.15, -0.1) is 0 Å². The normalized spacial score (nSPS) is 10.8. The predicted molar refractivity (Wildman–Crippen MR) is 108 cm³/mol. The maximum absolute atomic E-state index is 12.4. The van der Waals surface area contributed by atoms with Crippen LogP contribution < -0.4 is 5.32 Å². The van der Waals surface area contributed by atoms with Crippen molar-refractivity contribution < 1.29 is 14.7 Å². The number of carbonyl (C=O) groups excluding carboxylic acids is 1. The number of aromatic nitrogens is 4. The Kier molecular flexibility index (Phi) is 6.38. The summed E-state index contributed by atoms with van der Waals surface area (Å²) in [7, 11) is 0. The van der Waals surface area contributed by atoms with Gasteiger partial charge >= 0.3 is 5.97 Å². The number of anilines is 1. The minimum Gasteiger partial charge on any atom is -0.481 e. The van der Waals surface area contributed by atoms with Crippen LogP contribution in [0.2, 0.25) is 10.0 Å². The van der Waals surface area contributed by atoms with Crippen LogP contribution in [0.4, 0.5) is 5.82 Å². The van der Waals surface area contributed by atoms with Crippen LogP contribution in [0.1, 0.15) is 22.5 Å². The number of nitrogens with zero attached hydrogens (tertiary/aromatic N) is 4. The topological polar surface area (TPSA) is 102 Å². The molecule has 0 saturated heterocycles. The molecule has 3 aromatic rings. The third kappa shape index (κ3) is 5.12. The average Bonchev–Trinajstić information content (AvgIpc) is 3.23. The number of halogens is 3. The van der Waals surface area contributed by atoms with Gasteiger partial charge in [-0.25, -0.2) is 0 Å². The van der Waals surface area contributed by atoms with Crippen molar-refractivity contribution in [2.45, 2.75) is 19.5 Å². The fourth-order valence-corrected chi connectivity index (χ4v) is 3.26. The Balaban J connectivity index is 1.68. The molecule has 0 saturated carbocycles. The zero-order chi connectivity index (χ0) is 20.3. The molecule has 0 aliphatic heterocycles. The van der Waals surface area contributed by atoms with Crippen LogP contribution in [0, 0.1) is 0 Å². The number of nitrogens with one attached hydrogen (secondary N) is 1. The lowest BCUT2D eigenvalue weighted by molar-refractivity contribution is -0.137. The van der Waals surface area contributed by atoms with Crippen LogP contribution in [0.5, 0.6) is 0 Å². The van der Waals surface area contributed by atoms with E-state index in [4.69, 9.17) is 28.3 Å². The number of aliphatic carboxylic acids is 1. The molecule has 2 N–H and O–H groups in total. The first-order valence-corrected chi connectivity index (χ1v) is 9.60. The van der Waals surface area contributed by atoms with Crippen molar-refractivity contribution in [3.63, 3.8) is 0 Å². The van der Waals surface area contributed by atoms with E-state index < -0.39 is 11.9 Å². The summed E-state index contributed by atoms with van der Waals surface area (Å²) in [6.45, 7) is 0.580. The van der Waals surface area contributed by atoms with Crippen molar-refractivity contribution in [1.82, 2.24) is 19.6 Å². The number of carboxylic acids is 1. The van der Waals surface area contributed by atoms with Gasteiger partial charge in [0.2, 0.25) is 0 Å². The molecule has 0 aliphatic rings. The van der Waals surface area contributed by atoms with Gasteiger partial charge in [-0.05, 0) is 39.7 Å². The second-order valence-electron chi connectivity index (χ2n) is 5.82. The number of rotatable bonds is 7. The van der Waals surface area contributed by atoms with Gasteiger partial charge in [0, 0.05) is 22.4 Å². The molecule has 2 aromatic heterocycles. The molecule has 0 aliphatic carbocycles. The Morgan fingerprint density at radius 1 is 1.18 bits per heavy atom. The van der Waals surface area contributed by atoms with Gasteiger partial charge in [0.25, 0.3) is 5.91 Å². The van der Waals surface area contributed by atoms with E-state index in [1.807, 2.05) is 6.07 Å². The lowest BCUT2D eigenvalue weighted by Gasteiger charge is -2.05. The van der Waals surface area contributed by atoms with Crippen molar-refractivity contribution in [3.8, 4) is 0 Å². The summed E-state index contributed by atoms with van der Waals surface area (Å²) in [4.78, 5) is 23.0. The second kappa shape index (κ2) is 8.76. The van der Waals surface area contributed by atoms with E-state index in [-0.39, 0.29) is 18.7 Å². The molecule has 0 fully saturated rings. The summed E-state index contributed by atoms with van der Waals surface area (Å²) in [5.74, 6) is -1.06. The van der Waals surface area contributed by atoms with E-state index in [1.54, 1.807) is 29.2 Å². The molecule has 28 heavy (non-hydrogen) atoms. The molecule has 1 amide bonds. The number of carbonyl (C=O) groups is 2. The molecule has 0 atom stereocenters. The van der Waals surface area contributed by atoms with Gasteiger partial charge in [-0.3, -0.25) is 19.0 Å². The highest BCUT2D eigenvalue weighted by Gasteiger charge is 2.15. The Morgan fingerprint density at radius 3 is 2.68 bits per heavy atom. The molecular weight excluding hydrogens is 473 g/mol. The zero-order valence-corrected chi connectivity index (χ0v) is 17.4. The quantitative estimate of drug-likeness (QED) is 0.526. The average molecular weight is 487 g/mol. The van der Waals surface area contributed by atoms with Crippen molar-refractivity contribution in [2.75, 3.05) is 5.32 Å². The zero-order valence-electron chi connectivity index (χ0n) is 14.3. The minimum absolute atomic E-state index is 0.0774. The second-order valence-corrected chi connectivity index (χ2v) is 7.52. The summed E-state index contributed by atoms with van der Waals surface area (Å²) < 4.78 is 3.62. The first-order chi connectivity index (χ1) is 13.3. The molecule has 11 heteroatoms. The summed E-state index contributed by atoms with van der Waals surface area (Å²) in [5, 5.41) is 20.8. The van der Waals surface area contributed by atoms with Gasteiger partial charge in [-0.1, -0.05) is 29.3 Å². The number of benzene rings is 1. The summed E-state index contributed by atoms with van der Waals surface area (Å²) in [6.07, 6.45) is 3.19. The van der Waals surface area contributed by atoms with E-state index in [0.29, 0.717) is 26.9 Å². The smallest absolute Gasteiger partial charge is 0.305 e. The van der Waals surface area contributed by atoms with Gasteiger partial charge < -0.3 is 10.4 Å². The molecule has 3 rings (SSSR count). The Hall–Kier alpha value is -2.36. The third-order valence-electron chi connectivity index (χ3n) is 3.72. The number of aryl methyl sites for hydroxylation is 1. The fraction of sp³-hybridized carbons (Fsp3) is 0.176. The summed E-state index contributed by atoms with van der Waals surface area (Å²) in [6, 6.07) is 6.71. The first-order valence-electron chi connectivity index (χ1n) is 8.05. The number of amides is 1. The fourth-order valence-electron chi connectivity index (χ4n) is 2.38. The molecule has 1 aromatic carbocycles. The highest BCUT2D eigenvalue weighted by molar-refractivity contribution is 9.10. The van der Waals surface area contributed by atoms with Gasteiger partial charge in [-0.2, -0.15) is 10.2 Å². The molecule has 0 unspecified atom stereocenters. The van der Waals surface area contributed by atoms with Crippen LogP contribution in [0.15, 0.2) is 41.1 Å². The van der Waals surface area contributed by atoms with Crippen LogP contribution in [-0.2, 0) is 17.9 Å². The largest absolute Gasteiger partial charge is 0.481 e. The minimum atomic E-state index is -0.934. The van der Waals surface area contributed by atoms with Crippen LogP contribution in [-0.4, -0.2) is 36.5 Å². The predicted octanol–water partition coefficient (Wildman–Crippen LogP) is 3.92. The lowest BCUT2D eigenvalue weighted by Crippen LogP contribution is -2.15. The van der Waals surface area contributed by atoms with Crippen LogP contribution >= 0.6 is 39.1 Å². The van der Waals surface area contributed by atoms with E-state index in [1.165, 1.54) is 10.7 Å². The van der Waals surface area contributed by atoms with Crippen LogP contribution in [0.25, 0.3) is 0 Å². The van der Waals surface area contributed by atoms with Crippen molar-refractivity contribution in [3.05, 3.63) is 62.4 Å². The van der Waals surface area contributed by atoms with Crippen molar-refractivity contribution >= 4 is 56.8 Å². The molecule has 146 valence electrons. The number of carboxylic acid groups (broad SMARTS) is 1. The van der Waals surface area contributed by atoms with Gasteiger partial charge in [0.15, 0.2) is 11.5 Å². The van der Waals surface area contributed by atoms with Crippen molar-refractivity contribution in [1.29, 1.82) is 0 Å². The Morgan fingerprint density at radius 2 is 1.96 bits per heavy atom. The lowest BCUT2D eigenvalue weighted by atomic mass is 10.2. The Labute approximate surface area is 178 Å². The van der Waals surface area contributed by atoms with E-state index in [2.05, 4.69) is 31.4 Å². The van der Waals surface area contributed by atoms with Crippen molar-refractivity contribution in [2.24, 2.45) is 0 Å². The molecule has 0 bridgehead atoms. The maximum atomic E-state index is 12.4. The Bertz CT molecular complexity index is 1030. The third-order valence-corrected chi connectivity index (χ3v) is 4.89. The SMILES string of the molecule is O=C(O)CCn1ccc(C(=O)Nc2nn(Cc3ccc(Cl)cc3Cl)cc2Br)n1. The molecular formula is C17H14BrCl2N5O3. The molecule has 0 spiro atoms. The molecule has 2 heterocycles. The van der Waals surface area contributed by atoms with E-state index in [9.17, 15) is 9.59 Å². The number of hydrogen-bond donors (Lipinski definition) is 2. The monoisotopic (exact) mass is 485 g/mol. The molecule has 8 nitrogen and oxygen atoms in total.